The second kappa shape index (κ2) is 6.93. The van der Waals surface area contributed by atoms with Crippen LogP contribution in [0, 0.1) is 0 Å². The fraction of sp³-hybridized carbons (Fsp3) is 0.385. The highest BCUT2D eigenvalue weighted by atomic mass is 16.1. The summed E-state index contributed by atoms with van der Waals surface area (Å²) in [5.74, 6) is 0.196. The molecule has 0 N–H and O–H groups in total. The average molecular weight is 203 g/mol. The second-order valence-electron chi connectivity index (χ2n) is 3.55. The predicted octanol–water partition coefficient (Wildman–Crippen LogP) is 3.40. The second-order valence-corrected chi connectivity index (χ2v) is 3.55. The Balaban J connectivity index is 2.22. The van der Waals surface area contributed by atoms with Crippen LogP contribution < -0.4 is 0 Å². The van der Waals surface area contributed by atoms with E-state index >= 15 is 0 Å². The minimum absolute atomic E-state index is 0.196. The molecule has 2 heteroatoms. The number of carbonyl (C=O) groups excluding carboxylic acids is 1. The van der Waals surface area contributed by atoms with Crippen LogP contribution in [0.2, 0.25) is 0 Å². The van der Waals surface area contributed by atoms with E-state index in [4.69, 9.17) is 0 Å². The first-order valence-corrected chi connectivity index (χ1v) is 5.38. The van der Waals surface area contributed by atoms with Gasteiger partial charge in [0.1, 0.15) is 0 Å². The Kier molecular flexibility index (Phi) is 5.38. The Morgan fingerprint density at radius 1 is 1.40 bits per heavy atom. The molecule has 1 aromatic heterocycles. The standard InChI is InChI=1S/C13H17NO/c1-2-3-4-5-6-9-13(15)12-8-7-10-14-11-12/h2,7-8,10-11H,1,3-6,9H2. The number of allylic oxidation sites excluding steroid dienone is 1. The van der Waals surface area contributed by atoms with Crippen molar-refractivity contribution in [1.82, 2.24) is 4.98 Å². The third-order valence-electron chi connectivity index (χ3n) is 2.30. The van der Waals surface area contributed by atoms with Gasteiger partial charge in [-0.15, -0.1) is 6.58 Å². The number of pyridine rings is 1. The molecule has 0 aliphatic carbocycles. The number of carbonyl (C=O) groups is 1. The summed E-state index contributed by atoms with van der Waals surface area (Å²) in [4.78, 5) is 15.5. The van der Waals surface area contributed by atoms with Crippen LogP contribution in [0.1, 0.15) is 42.5 Å². The Morgan fingerprint density at radius 3 is 2.93 bits per heavy atom. The lowest BCUT2D eigenvalue weighted by Crippen LogP contribution is -1.98. The molecule has 0 aliphatic rings. The zero-order chi connectivity index (χ0) is 10.9. The van der Waals surface area contributed by atoms with Gasteiger partial charge >= 0.3 is 0 Å². The molecule has 0 amide bonds. The van der Waals surface area contributed by atoms with Gasteiger partial charge < -0.3 is 0 Å². The van der Waals surface area contributed by atoms with Gasteiger partial charge in [0, 0.05) is 24.4 Å². The van der Waals surface area contributed by atoms with Gasteiger partial charge in [0.25, 0.3) is 0 Å². The largest absolute Gasteiger partial charge is 0.294 e. The number of hydrogen-bond donors (Lipinski definition) is 0. The first-order valence-electron chi connectivity index (χ1n) is 5.38. The maximum atomic E-state index is 11.6. The van der Waals surface area contributed by atoms with Gasteiger partial charge in [-0.1, -0.05) is 12.5 Å². The van der Waals surface area contributed by atoms with E-state index in [2.05, 4.69) is 11.6 Å². The summed E-state index contributed by atoms with van der Waals surface area (Å²) in [7, 11) is 0. The molecular weight excluding hydrogens is 186 g/mol. The Hall–Kier alpha value is -1.44. The van der Waals surface area contributed by atoms with Crippen molar-refractivity contribution in [1.29, 1.82) is 0 Å². The fourth-order valence-electron chi connectivity index (χ4n) is 1.42. The highest BCUT2D eigenvalue weighted by Crippen LogP contribution is 2.08. The van der Waals surface area contributed by atoms with Crippen molar-refractivity contribution in [2.75, 3.05) is 0 Å². The quantitative estimate of drug-likeness (QED) is 0.386. The fourth-order valence-corrected chi connectivity index (χ4v) is 1.42. The van der Waals surface area contributed by atoms with Crippen LogP contribution >= 0.6 is 0 Å². The predicted molar refractivity (Wildman–Crippen MR) is 61.8 cm³/mol. The summed E-state index contributed by atoms with van der Waals surface area (Å²) in [6.45, 7) is 3.67. The number of ketones is 1. The van der Waals surface area contributed by atoms with Crippen molar-refractivity contribution in [3.05, 3.63) is 42.7 Å². The number of rotatable bonds is 7. The highest BCUT2D eigenvalue weighted by Gasteiger charge is 2.04. The first-order chi connectivity index (χ1) is 7.34. The lowest BCUT2D eigenvalue weighted by Gasteiger charge is -1.99. The minimum Gasteiger partial charge on any atom is -0.294 e. The Morgan fingerprint density at radius 2 is 2.27 bits per heavy atom. The third-order valence-corrected chi connectivity index (χ3v) is 2.30. The molecule has 1 aromatic rings. The zero-order valence-corrected chi connectivity index (χ0v) is 8.98. The van der Waals surface area contributed by atoms with Gasteiger partial charge in [0.2, 0.25) is 0 Å². The molecule has 80 valence electrons. The molecule has 0 bridgehead atoms. The van der Waals surface area contributed by atoms with Crippen LogP contribution in [-0.2, 0) is 0 Å². The van der Waals surface area contributed by atoms with Crippen molar-refractivity contribution in [2.45, 2.75) is 32.1 Å². The zero-order valence-electron chi connectivity index (χ0n) is 8.98. The normalized spacial score (nSPS) is 9.87. The van der Waals surface area contributed by atoms with E-state index in [1.165, 1.54) is 0 Å². The van der Waals surface area contributed by atoms with E-state index in [9.17, 15) is 4.79 Å². The van der Waals surface area contributed by atoms with Gasteiger partial charge in [-0.25, -0.2) is 0 Å². The van der Waals surface area contributed by atoms with Crippen molar-refractivity contribution in [3.63, 3.8) is 0 Å². The Labute approximate surface area is 91.0 Å². The smallest absolute Gasteiger partial charge is 0.164 e. The van der Waals surface area contributed by atoms with Crippen LogP contribution in [0.15, 0.2) is 37.2 Å². The molecule has 0 fully saturated rings. The van der Waals surface area contributed by atoms with E-state index in [-0.39, 0.29) is 5.78 Å². The molecule has 0 saturated heterocycles. The summed E-state index contributed by atoms with van der Waals surface area (Å²) in [5, 5.41) is 0. The summed E-state index contributed by atoms with van der Waals surface area (Å²) in [6.07, 6.45) is 10.1. The average Bonchev–Trinajstić information content (AvgIpc) is 2.30. The molecule has 2 nitrogen and oxygen atoms in total. The highest BCUT2D eigenvalue weighted by molar-refractivity contribution is 5.95. The molecule has 0 unspecified atom stereocenters. The van der Waals surface area contributed by atoms with Crippen LogP contribution in [-0.4, -0.2) is 10.8 Å². The minimum atomic E-state index is 0.196. The molecule has 0 saturated carbocycles. The maximum absolute atomic E-state index is 11.6. The molecule has 0 atom stereocenters. The van der Waals surface area contributed by atoms with E-state index < -0.39 is 0 Å². The lowest BCUT2D eigenvalue weighted by atomic mass is 10.1. The first kappa shape index (κ1) is 11.6. The summed E-state index contributed by atoms with van der Waals surface area (Å²) in [5.41, 5.74) is 0.723. The van der Waals surface area contributed by atoms with Crippen molar-refractivity contribution in [3.8, 4) is 0 Å². The summed E-state index contributed by atoms with van der Waals surface area (Å²) in [6, 6.07) is 3.62. The summed E-state index contributed by atoms with van der Waals surface area (Å²) < 4.78 is 0. The topological polar surface area (TPSA) is 30.0 Å². The summed E-state index contributed by atoms with van der Waals surface area (Å²) >= 11 is 0. The van der Waals surface area contributed by atoms with E-state index in [0.717, 1.165) is 31.2 Å². The number of nitrogens with zero attached hydrogens (tertiary/aromatic N) is 1. The number of Topliss-reactive ketones (excluding diaryl/α,β-unsaturated/α-hetero) is 1. The van der Waals surface area contributed by atoms with Crippen LogP contribution in [0.5, 0.6) is 0 Å². The van der Waals surface area contributed by atoms with Crippen molar-refractivity contribution in [2.24, 2.45) is 0 Å². The molecule has 0 radical (unpaired) electrons. The van der Waals surface area contributed by atoms with E-state index in [1.54, 1.807) is 18.5 Å². The molecule has 0 aromatic carbocycles. The maximum Gasteiger partial charge on any atom is 0.164 e. The number of hydrogen-bond acceptors (Lipinski definition) is 2. The lowest BCUT2D eigenvalue weighted by molar-refractivity contribution is 0.0979. The van der Waals surface area contributed by atoms with Crippen LogP contribution in [0.3, 0.4) is 0 Å². The number of unbranched alkanes of at least 4 members (excludes halogenated alkanes) is 3. The molecule has 0 spiro atoms. The van der Waals surface area contributed by atoms with E-state index in [1.807, 2.05) is 12.1 Å². The van der Waals surface area contributed by atoms with Gasteiger partial charge in [-0.3, -0.25) is 9.78 Å². The van der Waals surface area contributed by atoms with E-state index in [0.29, 0.717) is 6.42 Å². The molecule has 15 heavy (non-hydrogen) atoms. The third kappa shape index (κ3) is 4.54. The Bertz CT molecular complexity index is 306. The molecule has 1 heterocycles. The monoisotopic (exact) mass is 203 g/mol. The molecular formula is C13H17NO. The van der Waals surface area contributed by atoms with Crippen molar-refractivity contribution >= 4 is 5.78 Å². The van der Waals surface area contributed by atoms with Crippen molar-refractivity contribution < 1.29 is 4.79 Å². The van der Waals surface area contributed by atoms with Gasteiger partial charge in [0.15, 0.2) is 5.78 Å². The number of aromatic nitrogens is 1. The van der Waals surface area contributed by atoms with Gasteiger partial charge in [0.05, 0.1) is 0 Å². The van der Waals surface area contributed by atoms with Crippen LogP contribution in [0.25, 0.3) is 0 Å². The van der Waals surface area contributed by atoms with Gasteiger partial charge in [-0.2, -0.15) is 0 Å². The molecule has 1 rings (SSSR count). The SMILES string of the molecule is C=CCCCCCC(=O)c1cccnc1. The molecule has 0 aliphatic heterocycles. The van der Waals surface area contributed by atoms with Crippen LogP contribution in [0.4, 0.5) is 0 Å². The van der Waals surface area contributed by atoms with Gasteiger partial charge in [-0.05, 0) is 31.4 Å².